The van der Waals surface area contributed by atoms with Crippen LogP contribution in [0.25, 0.3) is 0 Å². The van der Waals surface area contributed by atoms with E-state index >= 15 is 0 Å². The van der Waals surface area contributed by atoms with E-state index in [2.05, 4.69) is 61.7 Å². The zero-order chi connectivity index (χ0) is 39.4. The minimum absolute atomic E-state index is 0. The van der Waals surface area contributed by atoms with Gasteiger partial charge in [-0.25, -0.2) is 30.1 Å². The number of anilines is 3. The summed E-state index contributed by atoms with van der Waals surface area (Å²) < 4.78 is 8.93. The summed E-state index contributed by atoms with van der Waals surface area (Å²) >= 11 is 1.48. The van der Waals surface area contributed by atoms with Crippen LogP contribution >= 0.6 is 46.1 Å². The number of hydrogen-bond acceptors (Lipinski definition) is 10. The van der Waals surface area contributed by atoms with Crippen molar-refractivity contribution in [2.24, 2.45) is 0 Å². The Labute approximate surface area is 387 Å². The van der Waals surface area contributed by atoms with Gasteiger partial charge >= 0.3 is 42.2 Å². The third-order valence-electron chi connectivity index (χ3n) is 6.90. The summed E-state index contributed by atoms with van der Waals surface area (Å²) in [5.41, 5.74) is 9.09. The number of esters is 2. The Bertz CT molecular complexity index is 1320. The fourth-order valence-electron chi connectivity index (χ4n) is 4.05. The first-order valence-corrected chi connectivity index (χ1v) is 23.6. The molecule has 0 saturated carbocycles. The molecule has 0 radical (unpaired) electrons. The number of carbonyl (C=O) groups excluding carboxylic acids is 3. The number of Topliss-reactive ketones (excluding diaryl/α,β-unsaturated/α-hetero) is 1. The molecular formula is C41H76AlBrCl3LiN4O6. The van der Waals surface area contributed by atoms with E-state index in [4.69, 9.17) is 35.9 Å². The van der Waals surface area contributed by atoms with Gasteiger partial charge in [0, 0.05) is 64.6 Å². The molecule has 10 nitrogen and oxygen atoms in total. The summed E-state index contributed by atoms with van der Waals surface area (Å²) in [7, 11) is 17.6. The Morgan fingerprint density at radius 1 is 0.825 bits per heavy atom. The van der Waals surface area contributed by atoms with Crippen molar-refractivity contribution in [2.75, 3.05) is 68.6 Å². The molecule has 0 fully saturated rings. The van der Waals surface area contributed by atoms with Crippen LogP contribution in [0.2, 0.25) is 0 Å². The number of alkyl halides is 1. The molecule has 1 aliphatic heterocycles. The number of rotatable bonds is 11. The third kappa shape index (κ3) is 45.0. The molecule has 0 aromatic heterocycles. The minimum Gasteiger partial charge on any atom is -0.870 e. The van der Waals surface area contributed by atoms with Crippen molar-refractivity contribution in [3.63, 3.8) is 0 Å². The summed E-state index contributed by atoms with van der Waals surface area (Å²) in [5.74, 6) is -0.0279. The van der Waals surface area contributed by atoms with E-state index in [1.54, 1.807) is 0 Å². The molecule has 0 spiro atoms. The molecule has 5 N–H and O–H groups in total. The van der Waals surface area contributed by atoms with E-state index in [9.17, 15) is 14.4 Å². The second-order valence-corrected chi connectivity index (χ2v) is 17.8. The van der Waals surface area contributed by atoms with Crippen molar-refractivity contribution in [3.05, 3.63) is 90.5 Å². The van der Waals surface area contributed by atoms with Gasteiger partial charge in [0.25, 0.3) is 0 Å². The maximum atomic E-state index is 11.5. The van der Waals surface area contributed by atoms with Gasteiger partial charge in [-0.15, -0.1) is 0 Å². The number of hydrogen-bond donors (Lipinski definition) is 3. The standard InChI is InChI=1S/C11H15NO2.C10H11NO.C6H7N.C6H15N.C5H9BrO2.3CH4.Al.3ClH.Li.H2O.3H2/c1-14-11(13)8-5-9-12-10-6-3-2-4-7-10;12-10-6-3-7-11-9-5-2-1-4-8(9)10;7-6-4-2-1-3-5-6;1-4-7(5-2)6-3;1-8-5(7)3-2-4-6;;;;;;;;;;;;/h2-4,6-7,12H,5,8-9H2,1H3;1-2,4-5,11H,3,6-7H2;1-5H,7H2;4-6H2,1-3H3;2-4H2,1H3;3*1H4;;3*1H;;1H2;3*1H/q;;;;;;;;+3;;;;+1;;;;/p-4/i;;;;;;;;;;;;;;3*1+1. The van der Waals surface area contributed by atoms with E-state index in [0.29, 0.717) is 19.3 Å². The second kappa shape index (κ2) is 50.2. The van der Waals surface area contributed by atoms with Gasteiger partial charge in [0.05, 0.1) is 14.2 Å². The average Bonchev–Trinajstić information content (AvgIpc) is 3.35. The number of methoxy groups -OCH3 is 2. The van der Waals surface area contributed by atoms with Crippen molar-refractivity contribution >= 4 is 92.2 Å². The average molecular weight is 944 g/mol. The molecule has 0 bridgehead atoms. The number of benzene rings is 3. The molecule has 16 heteroatoms. The summed E-state index contributed by atoms with van der Waals surface area (Å²) in [6.45, 7) is 11.8. The normalized spacial score (nSPS) is 9.75. The molecule has 328 valence electrons. The Morgan fingerprint density at radius 2 is 1.26 bits per heavy atom. The smallest absolute Gasteiger partial charge is 0.870 e. The van der Waals surface area contributed by atoms with E-state index in [1.165, 1.54) is 33.9 Å². The quantitative estimate of drug-likeness (QED) is 0.0558. The number of nitrogen functional groups attached to an aromatic ring is 1. The SMILES string of the molecule is C.C.C.CCN(CC)CC.COC(=O)CCCBr.COC(=O)CCCNc1ccccc1.Nc1ccccc1.O=C1CCCNc2ccccc21.[2HH].[2HH].[2HH].[Cl][Al]([Cl])[Cl].[Li+].[OH-]. The van der Waals surface area contributed by atoms with Gasteiger partial charge in [-0.2, -0.15) is 0 Å². The van der Waals surface area contributed by atoms with Crippen LogP contribution < -0.4 is 35.2 Å². The van der Waals surface area contributed by atoms with E-state index in [-0.39, 0.29) is 68.6 Å². The van der Waals surface area contributed by atoms with Gasteiger partial charge in [0.15, 0.2) is 5.78 Å². The van der Waals surface area contributed by atoms with E-state index in [0.717, 1.165) is 60.3 Å². The van der Waals surface area contributed by atoms with Crippen LogP contribution in [0.4, 0.5) is 17.1 Å². The van der Waals surface area contributed by atoms with Crippen LogP contribution in [0, 0.1) is 0 Å². The summed E-state index contributed by atoms with van der Waals surface area (Å²) in [4.78, 5) is 34.9. The van der Waals surface area contributed by atoms with Gasteiger partial charge in [0.1, 0.15) is 0 Å². The number of para-hydroxylation sites is 3. The first kappa shape index (κ1) is 69.7. The largest absolute Gasteiger partial charge is 1.00 e. The predicted molar refractivity (Wildman–Crippen MR) is 256 cm³/mol. The second-order valence-electron chi connectivity index (χ2n) is 10.6. The predicted octanol–water partition coefficient (Wildman–Crippen LogP) is 9.24. The Morgan fingerprint density at radius 3 is 1.67 bits per heavy atom. The van der Waals surface area contributed by atoms with Gasteiger partial charge < -0.3 is 36.2 Å². The fraction of sp³-hybridized carbons (Fsp3) is 0.488. The minimum atomic E-state index is -1.72. The zero-order valence-corrected chi connectivity index (χ0v) is 37.7. The van der Waals surface area contributed by atoms with Crippen molar-refractivity contribution in [2.45, 2.75) is 81.6 Å². The Balaban J connectivity index is -0.0000000630. The number of ether oxygens (including phenoxy) is 2. The maximum absolute atomic E-state index is 11.5. The summed E-state index contributed by atoms with van der Waals surface area (Å²) in [6.07, 6.45) is 4.24. The topological polar surface area (TPSA) is 153 Å². The molecule has 4 rings (SSSR count). The summed E-state index contributed by atoms with van der Waals surface area (Å²) in [5, 5.41) is 7.31. The summed E-state index contributed by atoms with van der Waals surface area (Å²) in [6, 6.07) is 27.1. The van der Waals surface area contributed by atoms with Crippen LogP contribution in [0.15, 0.2) is 84.9 Å². The number of ketones is 1. The molecule has 1 aliphatic rings. The Kier molecular flexibility index (Phi) is 61.4. The van der Waals surface area contributed by atoms with Crippen LogP contribution in [0.3, 0.4) is 0 Å². The van der Waals surface area contributed by atoms with E-state index in [1.807, 2.05) is 84.9 Å². The number of fused-ring (bicyclic) bond motifs is 1. The fourth-order valence-corrected chi connectivity index (χ4v) is 4.33. The van der Waals surface area contributed by atoms with Crippen LogP contribution in [-0.4, -0.2) is 91.8 Å². The number of nitrogens with two attached hydrogens (primary N) is 1. The zero-order valence-electron chi connectivity index (χ0n) is 32.7. The first-order chi connectivity index (χ1) is 25.0. The van der Waals surface area contributed by atoms with Gasteiger partial charge in [-0.05, 0) is 75.3 Å². The van der Waals surface area contributed by atoms with Crippen molar-refractivity contribution in [3.8, 4) is 0 Å². The number of halogens is 4. The van der Waals surface area contributed by atoms with Gasteiger partial charge in [-0.3, -0.25) is 14.4 Å². The van der Waals surface area contributed by atoms with Gasteiger partial charge in [0.2, 0.25) is 0 Å². The molecule has 0 amide bonds. The number of nitrogens with zero attached hydrogens (tertiary/aromatic N) is 1. The number of nitrogens with one attached hydrogen (secondary N) is 2. The van der Waals surface area contributed by atoms with Crippen LogP contribution in [0.1, 0.15) is 96.2 Å². The molecule has 0 atom stereocenters. The number of carbonyl (C=O) groups is 3. The third-order valence-corrected chi connectivity index (χ3v) is 7.46. The Hall–Kier alpha value is -1.93. The molecule has 0 saturated heterocycles. The van der Waals surface area contributed by atoms with Gasteiger partial charge in [-0.1, -0.05) is 108 Å². The van der Waals surface area contributed by atoms with E-state index < -0.39 is 11.4 Å². The van der Waals surface area contributed by atoms with Crippen molar-refractivity contribution < 1.29 is 52.5 Å². The molecule has 0 unspecified atom stereocenters. The molecule has 57 heavy (non-hydrogen) atoms. The van der Waals surface area contributed by atoms with Crippen molar-refractivity contribution in [1.29, 1.82) is 0 Å². The van der Waals surface area contributed by atoms with Crippen LogP contribution in [0.5, 0.6) is 0 Å². The maximum Gasteiger partial charge on any atom is 1.00 e. The monoisotopic (exact) mass is 941 g/mol. The molecule has 0 aliphatic carbocycles. The van der Waals surface area contributed by atoms with Crippen LogP contribution in [-0.2, 0) is 19.1 Å². The molecule has 3 aromatic rings. The molecule has 3 aromatic carbocycles. The molecule has 1 heterocycles. The first-order valence-electron chi connectivity index (χ1n) is 17.3. The molecular weight excluding hydrogens is 865 g/mol. The van der Waals surface area contributed by atoms with Crippen molar-refractivity contribution in [1.82, 2.24) is 4.90 Å².